The third-order valence-corrected chi connectivity index (χ3v) is 8.49. The Labute approximate surface area is 157 Å². The van der Waals surface area contributed by atoms with Gasteiger partial charge >= 0.3 is 0 Å². The van der Waals surface area contributed by atoms with E-state index in [1.165, 1.54) is 37.5 Å². The molecule has 2 atom stereocenters. The van der Waals surface area contributed by atoms with Gasteiger partial charge in [-0.25, -0.2) is 16.8 Å². The van der Waals surface area contributed by atoms with E-state index in [0.717, 1.165) is 0 Å². The molecule has 1 aromatic carbocycles. The summed E-state index contributed by atoms with van der Waals surface area (Å²) in [5, 5.41) is 4.46. The third kappa shape index (κ3) is 4.57. The SMILES string of the molecule is CC(=O)Nc1ccc(S(=O)(=O)[C@@H]2CS(=O)(=O)C[C@H]2NCc2ccco2)cc1. The fraction of sp³-hybridized carbons (Fsp3) is 0.353. The highest BCUT2D eigenvalue weighted by molar-refractivity contribution is 7.96. The highest BCUT2D eigenvalue weighted by Crippen LogP contribution is 2.27. The van der Waals surface area contributed by atoms with Crippen LogP contribution in [0.2, 0.25) is 0 Å². The number of amides is 1. The van der Waals surface area contributed by atoms with Crippen molar-refractivity contribution in [3.8, 4) is 0 Å². The molecule has 1 aliphatic heterocycles. The average molecular weight is 412 g/mol. The van der Waals surface area contributed by atoms with Gasteiger partial charge in [0.15, 0.2) is 19.7 Å². The van der Waals surface area contributed by atoms with E-state index in [1.54, 1.807) is 12.1 Å². The summed E-state index contributed by atoms with van der Waals surface area (Å²) >= 11 is 0. The molecular weight excluding hydrogens is 392 g/mol. The van der Waals surface area contributed by atoms with Gasteiger partial charge in [-0.05, 0) is 36.4 Å². The summed E-state index contributed by atoms with van der Waals surface area (Å²) in [6.07, 6.45) is 1.49. The number of furan rings is 1. The van der Waals surface area contributed by atoms with Gasteiger partial charge in [0.2, 0.25) is 5.91 Å². The largest absolute Gasteiger partial charge is 0.468 e. The van der Waals surface area contributed by atoms with E-state index in [9.17, 15) is 21.6 Å². The van der Waals surface area contributed by atoms with Crippen LogP contribution < -0.4 is 10.6 Å². The van der Waals surface area contributed by atoms with E-state index >= 15 is 0 Å². The van der Waals surface area contributed by atoms with Crippen molar-refractivity contribution < 1.29 is 26.0 Å². The number of carbonyl (C=O) groups is 1. The molecule has 0 saturated carbocycles. The van der Waals surface area contributed by atoms with Crippen LogP contribution in [0.5, 0.6) is 0 Å². The predicted molar refractivity (Wildman–Crippen MR) is 99.7 cm³/mol. The normalized spacial score (nSPS) is 21.8. The second kappa shape index (κ2) is 7.45. The number of hydrogen-bond acceptors (Lipinski definition) is 7. The molecule has 1 aromatic heterocycles. The second-order valence-electron chi connectivity index (χ2n) is 6.43. The van der Waals surface area contributed by atoms with Crippen LogP contribution in [0.4, 0.5) is 5.69 Å². The Bertz CT molecular complexity index is 1010. The smallest absolute Gasteiger partial charge is 0.221 e. The van der Waals surface area contributed by atoms with Crippen LogP contribution in [0.1, 0.15) is 12.7 Å². The van der Waals surface area contributed by atoms with Crippen molar-refractivity contribution in [1.82, 2.24) is 5.32 Å². The molecule has 0 unspecified atom stereocenters. The Morgan fingerprint density at radius 2 is 1.89 bits per heavy atom. The maximum atomic E-state index is 13.0. The molecule has 8 nitrogen and oxygen atoms in total. The standard InChI is InChI=1S/C17H20N2O6S2/c1-12(20)19-13-4-6-15(7-5-13)27(23,24)17-11-26(21,22)10-16(17)18-9-14-3-2-8-25-14/h2-8,16-18H,9-11H2,1H3,(H,19,20)/t16-,17-/m1/s1. The van der Waals surface area contributed by atoms with Gasteiger partial charge in [-0.2, -0.15) is 0 Å². The third-order valence-electron chi connectivity index (χ3n) is 4.32. The molecule has 3 rings (SSSR count). The van der Waals surface area contributed by atoms with Crippen LogP contribution in [0.25, 0.3) is 0 Å². The summed E-state index contributed by atoms with van der Waals surface area (Å²) in [7, 11) is -7.36. The highest BCUT2D eigenvalue weighted by atomic mass is 32.2. The van der Waals surface area contributed by atoms with Crippen LogP contribution in [0, 0.1) is 0 Å². The van der Waals surface area contributed by atoms with Crippen LogP contribution in [0.3, 0.4) is 0 Å². The molecule has 2 heterocycles. The Kier molecular flexibility index (Phi) is 5.41. The molecule has 146 valence electrons. The van der Waals surface area contributed by atoms with Crippen LogP contribution >= 0.6 is 0 Å². The van der Waals surface area contributed by atoms with Crippen LogP contribution in [-0.2, 0) is 31.0 Å². The quantitative estimate of drug-likeness (QED) is 0.725. The zero-order chi connectivity index (χ0) is 19.7. The molecule has 0 aliphatic carbocycles. The lowest BCUT2D eigenvalue weighted by atomic mass is 10.2. The molecule has 0 radical (unpaired) electrons. The van der Waals surface area contributed by atoms with Gasteiger partial charge in [0, 0.05) is 18.7 Å². The van der Waals surface area contributed by atoms with E-state index in [0.29, 0.717) is 11.4 Å². The van der Waals surface area contributed by atoms with Crippen molar-refractivity contribution in [3.05, 3.63) is 48.4 Å². The summed E-state index contributed by atoms with van der Waals surface area (Å²) < 4.78 is 55.4. The van der Waals surface area contributed by atoms with Crippen molar-refractivity contribution >= 4 is 31.3 Å². The minimum Gasteiger partial charge on any atom is -0.468 e. The molecule has 0 bridgehead atoms. The number of benzene rings is 1. The van der Waals surface area contributed by atoms with Gasteiger partial charge in [-0.3, -0.25) is 4.79 Å². The van der Waals surface area contributed by atoms with Crippen molar-refractivity contribution in [2.24, 2.45) is 0 Å². The summed E-state index contributed by atoms with van der Waals surface area (Å²) in [6, 6.07) is 8.38. The first-order valence-corrected chi connectivity index (χ1v) is 11.6. The lowest BCUT2D eigenvalue weighted by Crippen LogP contribution is -2.42. The van der Waals surface area contributed by atoms with Crippen molar-refractivity contribution in [3.63, 3.8) is 0 Å². The summed E-state index contributed by atoms with van der Waals surface area (Å²) in [4.78, 5) is 11.1. The van der Waals surface area contributed by atoms with E-state index in [2.05, 4.69) is 10.6 Å². The Morgan fingerprint density at radius 1 is 1.19 bits per heavy atom. The summed E-state index contributed by atoms with van der Waals surface area (Å²) in [5.41, 5.74) is 0.466. The first-order valence-electron chi connectivity index (χ1n) is 8.25. The molecule has 1 aliphatic rings. The van der Waals surface area contributed by atoms with Crippen LogP contribution in [-0.4, -0.2) is 45.5 Å². The molecule has 2 aromatic rings. The average Bonchev–Trinajstić information content (AvgIpc) is 3.20. The minimum absolute atomic E-state index is 0.0171. The maximum absolute atomic E-state index is 13.0. The van der Waals surface area contributed by atoms with E-state index in [1.807, 2.05) is 0 Å². The number of anilines is 1. The minimum atomic E-state index is -3.88. The van der Waals surface area contributed by atoms with E-state index in [-0.39, 0.29) is 23.1 Å². The van der Waals surface area contributed by atoms with Gasteiger partial charge in [0.05, 0.1) is 34.5 Å². The zero-order valence-corrected chi connectivity index (χ0v) is 16.2. The predicted octanol–water partition coefficient (Wildman–Crippen LogP) is 0.967. The van der Waals surface area contributed by atoms with Gasteiger partial charge in [0.25, 0.3) is 0 Å². The maximum Gasteiger partial charge on any atom is 0.221 e. The lowest BCUT2D eigenvalue weighted by Gasteiger charge is -2.19. The Balaban J connectivity index is 1.82. The highest BCUT2D eigenvalue weighted by Gasteiger charge is 2.45. The number of nitrogens with one attached hydrogen (secondary N) is 2. The molecule has 2 N–H and O–H groups in total. The number of hydrogen-bond donors (Lipinski definition) is 2. The molecule has 1 saturated heterocycles. The first kappa shape index (κ1) is 19.6. The molecule has 1 fully saturated rings. The van der Waals surface area contributed by atoms with Crippen molar-refractivity contribution in [2.45, 2.75) is 29.7 Å². The number of sulfone groups is 2. The fourth-order valence-corrected chi connectivity index (χ4v) is 7.78. The summed E-state index contributed by atoms with van der Waals surface area (Å²) in [6.45, 7) is 1.59. The first-order chi connectivity index (χ1) is 12.7. The van der Waals surface area contributed by atoms with Crippen molar-refractivity contribution in [2.75, 3.05) is 16.8 Å². The lowest BCUT2D eigenvalue weighted by molar-refractivity contribution is -0.114. The van der Waals surface area contributed by atoms with Crippen LogP contribution in [0.15, 0.2) is 52.0 Å². The molecule has 1 amide bonds. The fourth-order valence-electron chi connectivity index (χ4n) is 3.06. The van der Waals surface area contributed by atoms with E-state index in [4.69, 9.17) is 4.42 Å². The van der Waals surface area contributed by atoms with Gasteiger partial charge in [-0.15, -0.1) is 0 Å². The zero-order valence-electron chi connectivity index (χ0n) is 14.6. The monoisotopic (exact) mass is 412 g/mol. The Morgan fingerprint density at radius 3 is 2.48 bits per heavy atom. The second-order valence-corrected chi connectivity index (χ2v) is 10.8. The number of rotatable bonds is 6. The molecule has 27 heavy (non-hydrogen) atoms. The van der Waals surface area contributed by atoms with Crippen molar-refractivity contribution in [1.29, 1.82) is 0 Å². The molecule has 10 heteroatoms. The van der Waals surface area contributed by atoms with Gasteiger partial charge in [-0.1, -0.05) is 0 Å². The van der Waals surface area contributed by atoms with E-state index < -0.39 is 36.7 Å². The van der Waals surface area contributed by atoms with Gasteiger partial charge in [0.1, 0.15) is 5.76 Å². The summed E-state index contributed by atoms with van der Waals surface area (Å²) in [5.74, 6) is -0.356. The van der Waals surface area contributed by atoms with Gasteiger partial charge < -0.3 is 15.1 Å². The topological polar surface area (TPSA) is 123 Å². The Hall–Kier alpha value is -2.17. The molecule has 0 spiro atoms. The molecular formula is C17H20N2O6S2. The number of carbonyl (C=O) groups excluding carboxylic acids is 1.